The summed E-state index contributed by atoms with van der Waals surface area (Å²) in [5, 5.41) is 19.9. The molecule has 24 heavy (non-hydrogen) atoms. The zero-order valence-corrected chi connectivity index (χ0v) is 13.5. The van der Waals surface area contributed by atoms with Crippen LogP contribution in [0.25, 0.3) is 0 Å². The number of hydrogen-bond donors (Lipinski definition) is 0. The molecule has 8 nitrogen and oxygen atoms in total. The number of nitriles is 1. The summed E-state index contributed by atoms with van der Waals surface area (Å²) >= 11 is 0. The molecule has 0 aliphatic heterocycles. The van der Waals surface area contributed by atoms with Crippen LogP contribution >= 0.6 is 0 Å². The fraction of sp³-hybridized carbons (Fsp3) is 0.250. The number of benzene rings is 1. The summed E-state index contributed by atoms with van der Waals surface area (Å²) in [6.07, 6.45) is 0. The van der Waals surface area contributed by atoms with Gasteiger partial charge in [0.1, 0.15) is 23.4 Å². The predicted molar refractivity (Wildman–Crippen MR) is 87.3 cm³/mol. The summed E-state index contributed by atoms with van der Waals surface area (Å²) in [7, 11) is 4.92. The van der Waals surface area contributed by atoms with Crippen molar-refractivity contribution in [3.63, 3.8) is 0 Å². The van der Waals surface area contributed by atoms with Gasteiger partial charge >= 0.3 is 5.69 Å². The Balaban J connectivity index is 2.29. The molecule has 0 aliphatic rings. The van der Waals surface area contributed by atoms with Crippen LogP contribution in [0.5, 0.6) is 11.5 Å². The third kappa shape index (κ3) is 3.52. The Labute approximate surface area is 139 Å². The van der Waals surface area contributed by atoms with E-state index in [1.165, 1.54) is 12.1 Å². The van der Waals surface area contributed by atoms with Crippen molar-refractivity contribution in [2.45, 2.75) is 6.54 Å². The Hall–Kier alpha value is -3.34. The number of aromatic nitrogens is 1. The summed E-state index contributed by atoms with van der Waals surface area (Å²) in [6, 6.07) is 9.99. The number of hydrogen-bond acceptors (Lipinski definition) is 7. The minimum absolute atomic E-state index is 0.217. The minimum atomic E-state index is -0.623. The molecule has 0 saturated carbocycles. The molecular weight excluding hydrogens is 312 g/mol. The highest BCUT2D eigenvalue weighted by molar-refractivity contribution is 5.52. The molecule has 0 radical (unpaired) electrons. The molecule has 0 aliphatic carbocycles. The Kier molecular flexibility index (Phi) is 5.16. The van der Waals surface area contributed by atoms with Gasteiger partial charge in [0, 0.05) is 31.3 Å². The van der Waals surface area contributed by atoms with E-state index in [2.05, 4.69) is 4.98 Å². The van der Waals surface area contributed by atoms with Crippen LogP contribution in [0.3, 0.4) is 0 Å². The first kappa shape index (κ1) is 17.0. The van der Waals surface area contributed by atoms with Gasteiger partial charge in [-0.15, -0.1) is 0 Å². The van der Waals surface area contributed by atoms with Crippen LogP contribution in [0.2, 0.25) is 0 Å². The molecule has 0 unspecified atom stereocenters. The van der Waals surface area contributed by atoms with Gasteiger partial charge in [-0.3, -0.25) is 10.1 Å². The second-order valence-electron chi connectivity index (χ2n) is 4.94. The Morgan fingerprint density at radius 3 is 2.62 bits per heavy atom. The van der Waals surface area contributed by atoms with Crippen molar-refractivity contribution in [3.8, 4) is 17.6 Å². The summed E-state index contributed by atoms with van der Waals surface area (Å²) in [6.45, 7) is 0.447. The van der Waals surface area contributed by atoms with Crippen LogP contribution in [0.4, 0.5) is 11.5 Å². The summed E-state index contributed by atoms with van der Waals surface area (Å²) in [5.41, 5.74) is 0.363. The van der Waals surface area contributed by atoms with E-state index in [1.54, 1.807) is 38.3 Å². The maximum atomic E-state index is 10.9. The second-order valence-corrected chi connectivity index (χ2v) is 4.94. The van der Waals surface area contributed by atoms with Gasteiger partial charge in [0.2, 0.25) is 5.69 Å². The van der Waals surface area contributed by atoms with E-state index in [0.717, 1.165) is 5.56 Å². The molecule has 0 N–H and O–H groups in total. The van der Waals surface area contributed by atoms with Crippen LogP contribution in [-0.4, -0.2) is 31.2 Å². The molecule has 0 spiro atoms. The lowest BCUT2D eigenvalue weighted by Crippen LogP contribution is -2.18. The third-order valence-corrected chi connectivity index (χ3v) is 3.45. The van der Waals surface area contributed by atoms with Gasteiger partial charge in [-0.2, -0.15) is 5.26 Å². The Morgan fingerprint density at radius 2 is 2.04 bits per heavy atom. The average molecular weight is 328 g/mol. The monoisotopic (exact) mass is 328 g/mol. The SMILES string of the molecule is COc1ccc(CN(C)c2ccc([N+](=O)[O-])c(C#N)n2)c(OC)c1. The molecule has 1 aromatic heterocycles. The second kappa shape index (κ2) is 7.28. The van der Waals surface area contributed by atoms with Gasteiger partial charge in [0.25, 0.3) is 0 Å². The summed E-state index contributed by atoms with van der Waals surface area (Å²) < 4.78 is 10.5. The van der Waals surface area contributed by atoms with E-state index in [9.17, 15) is 10.1 Å². The molecule has 0 fully saturated rings. The predicted octanol–water partition coefficient (Wildman–Crippen LogP) is 2.52. The highest BCUT2D eigenvalue weighted by atomic mass is 16.6. The number of rotatable bonds is 6. The van der Waals surface area contributed by atoms with Gasteiger partial charge in [0.15, 0.2) is 0 Å². The zero-order valence-electron chi connectivity index (χ0n) is 13.5. The molecule has 0 saturated heterocycles. The number of pyridine rings is 1. The normalized spacial score (nSPS) is 9.92. The Bertz CT molecular complexity index is 801. The van der Waals surface area contributed by atoms with E-state index < -0.39 is 4.92 Å². The van der Waals surface area contributed by atoms with Gasteiger partial charge in [-0.05, 0) is 18.2 Å². The van der Waals surface area contributed by atoms with Crippen molar-refractivity contribution in [2.24, 2.45) is 0 Å². The Morgan fingerprint density at radius 1 is 1.29 bits per heavy atom. The first-order valence-corrected chi connectivity index (χ1v) is 6.97. The summed E-state index contributed by atoms with van der Waals surface area (Å²) in [5.74, 6) is 1.79. The molecule has 124 valence electrons. The quantitative estimate of drug-likeness (QED) is 0.593. The number of nitrogens with zero attached hydrogens (tertiary/aromatic N) is 4. The molecule has 8 heteroatoms. The van der Waals surface area contributed by atoms with Crippen molar-refractivity contribution >= 4 is 11.5 Å². The highest BCUT2D eigenvalue weighted by Crippen LogP contribution is 2.27. The summed E-state index contributed by atoms with van der Waals surface area (Å²) in [4.78, 5) is 16.1. The van der Waals surface area contributed by atoms with Crippen LogP contribution in [0.15, 0.2) is 30.3 Å². The van der Waals surface area contributed by atoms with E-state index in [-0.39, 0.29) is 11.4 Å². The van der Waals surface area contributed by atoms with Crippen molar-refractivity contribution in [1.82, 2.24) is 4.98 Å². The molecule has 1 heterocycles. The molecule has 0 bridgehead atoms. The van der Waals surface area contributed by atoms with E-state index in [0.29, 0.717) is 23.9 Å². The average Bonchev–Trinajstić information content (AvgIpc) is 2.61. The van der Waals surface area contributed by atoms with Gasteiger partial charge < -0.3 is 14.4 Å². The largest absolute Gasteiger partial charge is 0.497 e. The van der Waals surface area contributed by atoms with Gasteiger partial charge in [-0.1, -0.05) is 0 Å². The standard InChI is InChI=1S/C16H16N4O4/c1-19(10-11-4-5-12(23-2)8-15(11)24-3)16-7-6-14(20(21)22)13(9-17)18-16/h4-8H,10H2,1-3H3. The molecule has 0 atom stereocenters. The van der Waals surface area contributed by atoms with Crippen molar-refractivity contribution in [2.75, 3.05) is 26.2 Å². The first-order valence-electron chi connectivity index (χ1n) is 6.97. The maximum absolute atomic E-state index is 10.9. The zero-order chi connectivity index (χ0) is 17.7. The fourth-order valence-corrected chi connectivity index (χ4v) is 2.20. The number of nitro groups is 1. The molecular formula is C16H16N4O4. The smallest absolute Gasteiger partial charge is 0.305 e. The third-order valence-electron chi connectivity index (χ3n) is 3.45. The van der Waals surface area contributed by atoms with Crippen LogP contribution < -0.4 is 14.4 Å². The van der Waals surface area contributed by atoms with Crippen molar-refractivity contribution in [1.29, 1.82) is 5.26 Å². The topological polar surface area (TPSA) is 102 Å². The number of ether oxygens (including phenoxy) is 2. The van der Waals surface area contributed by atoms with Crippen LogP contribution in [0.1, 0.15) is 11.3 Å². The van der Waals surface area contributed by atoms with E-state index in [4.69, 9.17) is 14.7 Å². The lowest BCUT2D eigenvalue weighted by Gasteiger charge is -2.20. The van der Waals surface area contributed by atoms with Crippen molar-refractivity contribution < 1.29 is 14.4 Å². The fourth-order valence-electron chi connectivity index (χ4n) is 2.20. The van der Waals surface area contributed by atoms with Gasteiger partial charge in [0.05, 0.1) is 19.1 Å². The lowest BCUT2D eigenvalue weighted by molar-refractivity contribution is -0.385. The van der Waals surface area contributed by atoms with Crippen molar-refractivity contribution in [3.05, 3.63) is 51.7 Å². The minimum Gasteiger partial charge on any atom is -0.497 e. The maximum Gasteiger partial charge on any atom is 0.305 e. The number of methoxy groups -OCH3 is 2. The number of anilines is 1. The van der Waals surface area contributed by atoms with Crippen LogP contribution in [-0.2, 0) is 6.54 Å². The molecule has 2 aromatic rings. The van der Waals surface area contributed by atoms with E-state index in [1.807, 2.05) is 12.1 Å². The lowest BCUT2D eigenvalue weighted by atomic mass is 10.1. The van der Waals surface area contributed by atoms with Gasteiger partial charge in [-0.25, -0.2) is 4.98 Å². The van der Waals surface area contributed by atoms with E-state index >= 15 is 0 Å². The molecule has 2 rings (SSSR count). The first-order chi connectivity index (χ1) is 11.5. The van der Waals surface area contributed by atoms with Crippen LogP contribution in [0, 0.1) is 21.4 Å². The highest BCUT2D eigenvalue weighted by Gasteiger charge is 2.17. The molecule has 0 amide bonds. The molecule has 1 aromatic carbocycles.